The number of aromatic nitrogens is 1. The lowest BCUT2D eigenvalue weighted by atomic mass is 9.95. The first-order chi connectivity index (χ1) is 16.2. The Morgan fingerprint density at radius 2 is 1.88 bits per heavy atom. The van der Waals surface area contributed by atoms with Crippen molar-refractivity contribution in [3.8, 4) is 5.75 Å². The van der Waals surface area contributed by atoms with Crippen LogP contribution in [0.25, 0.3) is 10.9 Å². The number of hydrazone groups is 1. The summed E-state index contributed by atoms with van der Waals surface area (Å²) in [5.41, 5.74) is 8.01. The molecule has 0 atom stereocenters. The van der Waals surface area contributed by atoms with Gasteiger partial charge in [0, 0.05) is 33.3 Å². The number of ether oxygens (including phenoxy) is 1. The van der Waals surface area contributed by atoms with Crippen molar-refractivity contribution in [2.24, 2.45) is 5.10 Å². The second kappa shape index (κ2) is 9.28. The van der Waals surface area contributed by atoms with Crippen molar-refractivity contribution in [1.29, 1.82) is 0 Å². The van der Waals surface area contributed by atoms with Gasteiger partial charge in [0.05, 0.1) is 6.21 Å². The molecule has 0 spiro atoms. The molecule has 1 aliphatic rings. The van der Waals surface area contributed by atoms with Crippen LogP contribution in [0.5, 0.6) is 5.75 Å². The van der Waals surface area contributed by atoms with E-state index in [9.17, 15) is 9.18 Å². The average Bonchev–Trinajstić information content (AvgIpc) is 3.22. The van der Waals surface area contributed by atoms with Crippen LogP contribution in [0.3, 0.4) is 0 Å². The maximum absolute atomic E-state index is 13.9. The number of amides is 1. The summed E-state index contributed by atoms with van der Waals surface area (Å²) in [6, 6.07) is 19.5. The van der Waals surface area contributed by atoms with Crippen LogP contribution in [-0.2, 0) is 19.4 Å². The molecule has 0 bridgehead atoms. The van der Waals surface area contributed by atoms with Gasteiger partial charge in [-0.25, -0.2) is 9.82 Å². The zero-order valence-electron chi connectivity index (χ0n) is 18.1. The number of carbonyl (C=O) groups is 1. The summed E-state index contributed by atoms with van der Waals surface area (Å²) in [5, 5.41) is 5.24. The highest BCUT2D eigenvalue weighted by molar-refractivity contribution is 5.99. The summed E-state index contributed by atoms with van der Waals surface area (Å²) in [7, 11) is 0. The number of benzene rings is 3. The largest absolute Gasteiger partial charge is 0.488 e. The van der Waals surface area contributed by atoms with Crippen LogP contribution < -0.4 is 10.2 Å². The molecule has 0 aliphatic heterocycles. The number of aryl methyl sites for hydroxylation is 2. The van der Waals surface area contributed by atoms with Crippen LogP contribution in [0.2, 0.25) is 0 Å². The molecule has 33 heavy (non-hydrogen) atoms. The van der Waals surface area contributed by atoms with Crippen LogP contribution in [-0.4, -0.2) is 17.1 Å². The fourth-order valence-electron chi connectivity index (χ4n) is 4.26. The van der Waals surface area contributed by atoms with Crippen molar-refractivity contribution in [2.45, 2.75) is 32.3 Å². The number of carbonyl (C=O) groups excluding carboxylic acids is 1. The molecule has 1 amide bonds. The number of nitrogens with zero attached hydrogens (tertiary/aromatic N) is 1. The number of H-pyrrole nitrogens is 1. The van der Waals surface area contributed by atoms with Gasteiger partial charge in [-0.2, -0.15) is 5.10 Å². The summed E-state index contributed by atoms with van der Waals surface area (Å²) in [5.74, 6) is -0.0284. The summed E-state index contributed by atoms with van der Waals surface area (Å²) >= 11 is 0. The number of para-hydroxylation sites is 1. The van der Waals surface area contributed by atoms with Gasteiger partial charge in [0.2, 0.25) is 0 Å². The Morgan fingerprint density at radius 1 is 1.06 bits per heavy atom. The summed E-state index contributed by atoms with van der Waals surface area (Å²) in [4.78, 5) is 16.2. The highest BCUT2D eigenvalue weighted by atomic mass is 19.1. The molecule has 1 heterocycles. The molecule has 5 nitrogen and oxygen atoms in total. The van der Waals surface area contributed by atoms with Gasteiger partial charge in [-0.15, -0.1) is 0 Å². The van der Waals surface area contributed by atoms with E-state index >= 15 is 0 Å². The third-order valence-corrected chi connectivity index (χ3v) is 5.99. The van der Waals surface area contributed by atoms with Gasteiger partial charge >= 0.3 is 0 Å². The number of nitrogens with one attached hydrogen (secondary N) is 2. The molecule has 0 saturated carbocycles. The fraction of sp³-hybridized carbons (Fsp3) is 0.185. The van der Waals surface area contributed by atoms with Crippen molar-refractivity contribution in [1.82, 2.24) is 10.4 Å². The first-order valence-corrected chi connectivity index (χ1v) is 11.1. The number of halogens is 1. The SMILES string of the molecule is O=C(N/N=C/c1ccccc1OCc1ccccc1F)c1ccc2[nH]c3c(c2c1)CCCC3. The lowest BCUT2D eigenvalue weighted by Crippen LogP contribution is -2.17. The minimum Gasteiger partial charge on any atom is -0.488 e. The summed E-state index contributed by atoms with van der Waals surface area (Å²) in [6.07, 6.45) is 6.02. The second-order valence-corrected chi connectivity index (χ2v) is 8.17. The Morgan fingerprint density at radius 3 is 2.79 bits per heavy atom. The van der Waals surface area contributed by atoms with Crippen molar-refractivity contribution in [3.63, 3.8) is 0 Å². The van der Waals surface area contributed by atoms with E-state index in [1.54, 1.807) is 30.3 Å². The van der Waals surface area contributed by atoms with Gasteiger partial charge < -0.3 is 9.72 Å². The highest BCUT2D eigenvalue weighted by Crippen LogP contribution is 2.29. The highest BCUT2D eigenvalue weighted by Gasteiger charge is 2.16. The molecule has 3 aromatic carbocycles. The third-order valence-electron chi connectivity index (χ3n) is 5.99. The van der Waals surface area contributed by atoms with Gasteiger partial charge in [0.15, 0.2) is 0 Å². The molecule has 0 fully saturated rings. The van der Waals surface area contributed by atoms with Crippen LogP contribution >= 0.6 is 0 Å². The zero-order valence-corrected chi connectivity index (χ0v) is 18.1. The molecule has 2 N–H and O–H groups in total. The smallest absolute Gasteiger partial charge is 0.271 e. The number of hydrogen-bond donors (Lipinski definition) is 2. The van der Waals surface area contributed by atoms with Gasteiger partial charge in [-0.1, -0.05) is 30.3 Å². The normalized spacial score (nSPS) is 13.2. The van der Waals surface area contributed by atoms with Crippen LogP contribution in [0.15, 0.2) is 71.8 Å². The first-order valence-electron chi connectivity index (χ1n) is 11.1. The van der Waals surface area contributed by atoms with E-state index < -0.39 is 0 Å². The molecule has 6 heteroatoms. The van der Waals surface area contributed by atoms with Crippen molar-refractivity contribution < 1.29 is 13.9 Å². The van der Waals surface area contributed by atoms with E-state index in [2.05, 4.69) is 15.5 Å². The van der Waals surface area contributed by atoms with Crippen LogP contribution in [0.1, 0.15) is 45.6 Å². The molecule has 1 aromatic heterocycles. The molecule has 1 aliphatic carbocycles. The van der Waals surface area contributed by atoms with Crippen molar-refractivity contribution in [3.05, 3.63) is 100 Å². The number of hydrogen-bond acceptors (Lipinski definition) is 3. The van der Waals surface area contributed by atoms with Crippen LogP contribution in [0, 0.1) is 5.82 Å². The van der Waals surface area contributed by atoms with E-state index in [1.807, 2.05) is 30.3 Å². The van der Waals surface area contributed by atoms with Gasteiger partial charge in [0.25, 0.3) is 5.91 Å². The Bertz CT molecular complexity index is 1340. The Labute approximate surface area is 191 Å². The standard InChI is InChI=1S/C27H24FN3O2/c28-23-10-4-1-8-20(23)17-33-26-12-6-2-7-19(26)16-29-31-27(32)18-13-14-25-22(15-18)21-9-3-5-11-24(21)30-25/h1-2,4,6-8,10,12-16,30H,3,5,9,11,17H2,(H,31,32)/b29-16+. The number of fused-ring (bicyclic) bond motifs is 3. The molecule has 0 saturated heterocycles. The molecule has 5 rings (SSSR count). The van der Waals surface area contributed by atoms with Gasteiger partial charge in [-0.3, -0.25) is 4.79 Å². The van der Waals surface area contributed by atoms with Crippen molar-refractivity contribution >= 4 is 23.0 Å². The minimum atomic E-state index is -0.309. The van der Waals surface area contributed by atoms with Gasteiger partial charge in [0.1, 0.15) is 18.2 Å². The molecule has 0 unspecified atom stereocenters. The van der Waals surface area contributed by atoms with E-state index in [0.29, 0.717) is 22.4 Å². The third kappa shape index (κ3) is 4.51. The average molecular weight is 442 g/mol. The Hall–Kier alpha value is -3.93. The summed E-state index contributed by atoms with van der Waals surface area (Å²) in [6.45, 7) is 0.102. The van der Waals surface area contributed by atoms with Crippen molar-refractivity contribution in [2.75, 3.05) is 0 Å². The molecule has 4 aromatic rings. The predicted octanol–water partition coefficient (Wildman–Crippen LogP) is 5.53. The van der Waals surface area contributed by atoms with E-state index in [1.165, 1.54) is 36.4 Å². The maximum atomic E-state index is 13.9. The lowest BCUT2D eigenvalue weighted by Gasteiger charge is -2.10. The molecular formula is C27H24FN3O2. The van der Waals surface area contributed by atoms with E-state index in [-0.39, 0.29) is 18.3 Å². The predicted molar refractivity (Wildman–Crippen MR) is 127 cm³/mol. The monoisotopic (exact) mass is 441 g/mol. The molecule has 0 radical (unpaired) electrons. The van der Waals surface area contributed by atoms with E-state index in [4.69, 9.17) is 4.74 Å². The molecule has 166 valence electrons. The lowest BCUT2D eigenvalue weighted by molar-refractivity contribution is 0.0955. The van der Waals surface area contributed by atoms with Gasteiger partial charge in [-0.05, 0) is 67.6 Å². The quantitative estimate of drug-likeness (QED) is 0.305. The fourth-order valence-corrected chi connectivity index (χ4v) is 4.26. The number of rotatable bonds is 6. The van der Waals surface area contributed by atoms with E-state index in [0.717, 1.165) is 23.7 Å². The molecular weight excluding hydrogens is 417 g/mol. The Balaban J connectivity index is 1.28. The van der Waals surface area contributed by atoms with Crippen LogP contribution in [0.4, 0.5) is 4.39 Å². The maximum Gasteiger partial charge on any atom is 0.271 e. The second-order valence-electron chi connectivity index (χ2n) is 8.17. The Kier molecular flexibility index (Phi) is 5.89. The first kappa shape index (κ1) is 20.9. The topological polar surface area (TPSA) is 66.5 Å². The number of aromatic amines is 1. The summed E-state index contributed by atoms with van der Waals surface area (Å²) < 4.78 is 19.7. The minimum absolute atomic E-state index is 0.102. The zero-order chi connectivity index (χ0) is 22.6.